The molecule has 0 aromatic heterocycles. The van der Waals surface area contributed by atoms with Crippen molar-refractivity contribution in [3.05, 3.63) is 58.1 Å². The summed E-state index contributed by atoms with van der Waals surface area (Å²) >= 11 is 8.63. The molecule has 0 aliphatic carbocycles. The maximum atomic E-state index is 12.1. The summed E-state index contributed by atoms with van der Waals surface area (Å²) < 4.78 is 11.7. The second kappa shape index (κ2) is 11.5. The Bertz CT molecular complexity index is 800. The predicted molar refractivity (Wildman–Crippen MR) is 117 cm³/mol. The molecule has 0 radical (unpaired) electrons. The SMILES string of the molecule is CCOc1ccc(CNC(=S)NNC(=O)Cc2ccc(OCC)c(Br)c2)cc1. The van der Waals surface area contributed by atoms with Crippen molar-refractivity contribution in [2.75, 3.05) is 13.2 Å². The molecule has 150 valence electrons. The van der Waals surface area contributed by atoms with Gasteiger partial charge in [0, 0.05) is 6.54 Å². The number of carbonyl (C=O) groups is 1. The Morgan fingerprint density at radius 2 is 1.68 bits per heavy atom. The second-order valence-corrected chi connectivity index (χ2v) is 7.07. The molecule has 2 aromatic carbocycles. The molecule has 8 heteroatoms. The minimum absolute atomic E-state index is 0.193. The van der Waals surface area contributed by atoms with Gasteiger partial charge in [-0.15, -0.1) is 0 Å². The molecule has 3 N–H and O–H groups in total. The van der Waals surface area contributed by atoms with Gasteiger partial charge in [-0.1, -0.05) is 18.2 Å². The molecule has 0 bridgehead atoms. The van der Waals surface area contributed by atoms with E-state index in [0.29, 0.717) is 24.9 Å². The van der Waals surface area contributed by atoms with Crippen LogP contribution in [0.1, 0.15) is 25.0 Å². The van der Waals surface area contributed by atoms with E-state index in [1.54, 1.807) is 0 Å². The first-order chi connectivity index (χ1) is 13.5. The quantitative estimate of drug-likeness (QED) is 0.409. The van der Waals surface area contributed by atoms with Gasteiger partial charge in [0.1, 0.15) is 11.5 Å². The van der Waals surface area contributed by atoms with Crippen molar-refractivity contribution in [2.45, 2.75) is 26.8 Å². The number of halogens is 1. The smallest absolute Gasteiger partial charge is 0.242 e. The third-order valence-corrected chi connectivity index (χ3v) is 4.53. The summed E-state index contributed by atoms with van der Waals surface area (Å²) in [6.45, 7) is 5.64. The van der Waals surface area contributed by atoms with Crippen LogP contribution in [0.15, 0.2) is 46.9 Å². The van der Waals surface area contributed by atoms with E-state index in [4.69, 9.17) is 21.7 Å². The number of carbonyl (C=O) groups excluding carboxylic acids is 1. The fraction of sp³-hybridized carbons (Fsp3) is 0.300. The molecule has 2 rings (SSSR count). The number of rotatable bonds is 8. The van der Waals surface area contributed by atoms with E-state index >= 15 is 0 Å². The van der Waals surface area contributed by atoms with Gasteiger partial charge >= 0.3 is 0 Å². The second-order valence-electron chi connectivity index (χ2n) is 5.81. The number of hydrogen-bond acceptors (Lipinski definition) is 4. The lowest BCUT2D eigenvalue weighted by Gasteiger charge is -2.12. The van der Waals surface area contributed by atoms with Gasteiger partial charge in [-0.05, 0) is 77.4 Å². The van der Waals surface area contributed by atoms with E-state index < -0.39 is 0 Å². The van der Waals surface area contributed by atoms with E-state index in [0.717, 1.165) is 27.1 Å². The topological polar surface area (TPSA) is 71.6 Å². The van der Waals surface area contributed by atoms with Crippen LogP contribution in [-0.2, 0) is 17.8 Å². The molecule has 6 nitrogen and oxygen atoms in total. The highest BCUT2D eigenvalue weighted by molar-refractivity contribution is 9.10. The van der Waals surface area contributed by atoms with Crippen LogP contribution < -0.4 is 25.6 Å². The van der Waals surface area contributed by atoms with Gasteiger partial charge in [-0.3, -0.25) is 15.6 Å². The molecule has 0 spiro atoms. The maximum absolute atomic E-state index is 12.1. The Kier molecular flexibility index (Phi) is 9.03. The summed E-state index contributed by atoms with van der Waals surface area (Å²) in [6.07, 6.45) is 0.222. The van der Waals surface area contributed by atoms with Crippen molar-refractivity contribution >= 4 is 39.2 Å². The molecule has 0 unspecified atom stereocenters. The van der Waals surface area contributed by atoms with Crippen LogP contribution in [0.2, 0.25) is 0 Å². The number of hydrogen-bond donors (Lipinski definition) is 3. The Morgan fingerprint density at radius 1 is 1.00 bits per heavy atom. The summed E-state index contributed by atoms with van der Waals surface area (Å²) in [6, 6.07) is 13.3. The van der Waals surface area contributed by atoms with Gasteiger partial charge in [0.2, 0.25) is 5.91 Å². The fourth-order valence-electron chi connectivity index (χ4n) is 2.38. The van der Waals surface area contributed by atoms with E-state index in [1.165, 1.54) is 0 Å². The minimum atomic E-state index is -0.193. The molecular formula is C20H24BrN3O3S. The summed E-state index contributed by atoms with van der Waals surface area (Å²) in [7, 11) is 0. The molecular weight excluding hydrogens is 442 g/mol. The molecule has 0 aliphatic rings. The van der Waals surface area contributed by atoms with Crippen LogP contribution in [-0.4, -0.2) is 24.2 Å². The van der Waals surface area contributed by atoms with Crippen molar-refractivity contribution in [3.63, 3.8) is 0 Å². The average molecular weight is 466 g/mol. The first-order valence-corrected chi connectivity index (χ1v) is 10.2. The maximum Gasteiger partial charge on any atom is 0.242 e. The van der Waals surface area contributed by atoms with Gasteiger partial charge in [0.25, 0.3) is 0 Å². The zero-order chi connectivity index (χ0) is 20.4. The number of hydrazine groups is 1. The van der Waals surface area contributed by atoms with Gasteiger partial charge in [-0.2, -0.15) is 0 Å². The standard InChI is InChI=1S/C20H24BrN3O3S/c1-3-26-16-8-5-14(6-9-16)13-22-20(28)24-23-19(25)12-15-7-10-18(27-4-2)17(21)11-15/h5-11H,3-4,12-13H2,1-2H3,(H,23,25)(H2,22,24,28). The van der Waals surface area contributed by atoms with Crippen LogP contribution in [0.5, 0.6) is 11.5 Å². The Morgan fingerprint density at radius 3 is 2.32 bits per heavy atom. The summed E-state index contributed by atoms with van der Waals surface area (Å²) in [5.41, 5.74) is 7.22. The van der Waals surface area contributed by atoms with Gasteiger partial charge < -0.3 is 14.8 Å². The highest BCUT2D eigenvalue weighted by atomic mass is 79.9. The van der Waals surface area contributed by atoms with Crippen molar-refractivity contribution in [2.24, 2.45) is 0 Å². The first-order valence-electron chi connectivity index (χ1n) is 8.97. The largest absolute Gasteiger partial charge is 0.494 e. The highest BCUT2D eigenvalue weighted by Gasteiger charge is 2.07. The van der Waals surface area contributed by atoms with E-state index in [-0.39, 0.29) is 12.3 Å². The summed E-state index contributed by atoms with van der Waals surface area (Å²) in [5.74, 6) is 1.39. The van der Waals surface area contributed by atoms with Crippen molar-refractivity contribution in [1.29, 1.82) is 0 Å². The van der Waals surface area contributed by atoms with Crippen LogP contribution in [0.3, 0.4) is 0 Å². The summed E-state index contributed by atoms with van der Waals surface area (Å²) in [5, 5.41) is 3.38. The first kappa shape index (κ1) is 22.0. The number of ether oxygens (including phenoxy) is 2. The lowest BCUT2D eigenvalue weighted by atomic mass is 10.1. The molecule has 1 amide bonds. The van der Waals surface area contributed by atoms with Crippen LogP contribution in [0.25, 0.3) is 0 Å². The Labute approximate surface area is 179 Å². The highest BCUT2D eigenvalue weighted by Crippen LogP contribution is 2.26. The number of thiocarbonyl (C=S) groups is 1. The number of benzene rings is 2. The van der Waals surface area contributed by atoms with Gasteiger partial charge in [-0.25, -0.2) is 0 Å². The molecule has 0 fully saturated rings. The van der Waals surface area contributed by atoms with Crippen molar-refractivity contribution in [3.8, 4) is 11.5 Å². The Balaban J connectivity index is 1.73. The van der Waals surface area contributed by atoms with Crippen LogP contribution in [0, 0.1) is 0 Å². The predicted octanol–water partition coefficient (Wildman–Crippen LogP) is 3.48. The normalized spacial score (nSPS) is 10.1. The van der Waals surface area contributed by atoms with Gasteiger partial charge in [0.05, 0.1) is 24.1 Å². The third-order valence-electron chi connectivity index (χ3n) is 3.66. The minimum Gasteiger partial charge on any atom is -0.494 e. The third kappa shape index (κ3) is 7.36. The molecule has 28 heavy (non-hydrogen) atoms. The molecule has 0 heterocycles. The van der Waals surface area contributed by atoms with Crippen LogP contribution >= 0.6 is 28.1 Å². The number of amides is 1. The summed E-state index contributed by atoms with van der Waals surface area (Å²) in [4.78, 5) is 12.1. The number of nitrogens with one attached hydrogen (secondary N) is 3. The van der Waals surface area contributed by atoms with E-state index in [1.807, 2.05) is 56.3 Å². The van der Waals surface area contributed by atoms with E-state index in [9.17, 15) is 4.79 Å². The van der Waals surface area contributed by atoms with Gasteiger partial charge in [0.15, 0.2) is 5.11 Å². The Hall–Kier alpha value is -2.32. The molecule has 0 saturated heterocycles. The van der Waals surface area contributed by atoms with Crippen molar-refractivity contribution < 1.29 is 14.3 Å². The van der Waals surface area contributed by atoms with Crippen molar-refractivity contribution in [1.82, 2.24) is 16.2 Å². The fourth-order valence-corrected chi connectivity index (χ4v) is 3.04. The average Bonchev–Trinajstić information content (AvgIpc) is 2.68. The zero-order valence-corrected chi connectivity index (χ0v) is 18.3. The van der Waals surface area contributed by atoms with E-state index in [2.05, 4.69) is 32.1 Å². The monoisotopic (exact) mass is 465 g/mol. The molecule has 0 atom stereocenters. The molecule has 0 saturated carbocycles. The van der Waals surface area contributed by atoms with Crippen LogP contribution in [0.4, 0.5) is 0 Å². The molecule has 2 aromatic rings. The zero-order valence-electron chi connectivity index (χ0n) is 15.9. The lowest BCUT2D eigenvalue weighted by Crippen LogP contribution is -2.47. The molecule has 0 aliphatic heterocycles. The lowest BCUT2D eigenvalue weighted by molar-refractivity contribution is -0.121.